The number of anilines is 1. The molecule has 1 heterocycles. The minimum Gasteiger partial charge on any atom is -0.433 e. The highest BCUT2D eigenvalue weighted by Crippen LogP contribution is 2.29. The third kappa shape index (κ3) is 5.36. The molecule has 2 rings (SSSR count). The number of ether oxygens (including phenoxy) is 1. The molecule has 0 saturated carbocycles. The predicted octanol–water partition coefficient (Wildman–Crippen LogP) is 3.84. The van der Waals surface area contributed by atoms with Crippen molar-refractivity contribution < 1.29 is 23.2 Å². The highest BCUT2D eigenvalue weighted by Gasteiger charge is 2.19. The maximum atomic E-state index is 12.1. The molecule has 1 aromatic carbocycles. The summed E-state index contributed by atoms with van der Waals surface area (Å²) in [6.45, 7) is -2.89. The Morgan fingerprint density at radius 3 is 2.80 bits per heavy atom. The summed E-state index contributed by atoms with van der Waals surface area (Å²) in [5, 5.41) is 16.9. The molecule has 0 bridgehead atoms. The molecule has 0 aliphatic carbocycles. The standard InChI is InChI=1S/C13H10BrClF2N4O4/c14-8-6-20(19-12(8)21(23)24)4-3-11(22)18-7-1-2-10(9(15)5-7)25-13(16)17/h1-2,5-6,13H,3-4H2,(H,18,22). The molecule has 0 radical (unpaired) electrons. The van der Waals surface area contributed by atoms with E-state index in [1.54, 1.807) is 0 Å². The second kappa shape index (κ2) is 8.21. The molecular weight excluding hydrogens is 430 g/mol. The first-order valence-electron chi connectivity index (χ1n) is 6.68. The molecule has 0 unspecified atom stereocenters. The lowest BCUT2D eigenvalue weighted by atomic mass is 10.3. The van der Waals surface area contributed by atoms with Gasteiger partial charge in [0.25, 0.3) is 0 Å². The van der Waals surface area contributed by atoms with Crippen LogP contribution in [0, 0.1) is 10.1 Å². The monoisotopic (exact) mass is 438 g/mol. The van der Waals surface area contributed by atoms with E-state index in [0.717, 1.165) is 0 Å². The van der Waals surface area contributed by atoms with E-state index >= 15 is 0 Å². The van der Waals surface area contributed by atoms with E-state index in [-0.39, 0.29) is 34.0 Å². The Morgan fingerprint density at radius 1 is 1.52 bits per heavy atom. The molecule has 12 heteroatoms. The second-order valence-corrected chi connectivity index (χ2v) is 5.90. The van der Waals surface area contributed by atoms with Crippen molar-refractivity contribution in [2.75, 3.05) is 5.32 Å². The van der Waals surface area contributed by atoms with Crippen molar-refractivity contribution in [3.05, 3.63) is 44.0 Å². The van der Waals surface area contributed by atoms with Crippen LogP contribution in [0.15, 0.2) is 28.9 Å². The average molecular weight is 440 g/mol. The average Bonchev–Trinajstić information content (AvgIpc) is 2.89. The summed E-state index contributed by atoms with van der Waals surface area (Å²) in [6.07, 6.45) is 1.37. The van der Waals surface area contributed by atoms with Crippen molar-refractivity contribution in [1.82, 2.24) is 9.78 Å². The zero-order chi connectivity index (χ0) is 18.6. The Bertz CT molecular complexity index is 802. The molecule has 25 heavy (non-hydrogen) atoms. The fraction of sp³-hybridized carbons (Fsp3) is 0.231. The van der Waals surface area contributed by atoms with Crippen molar-refractivity contribution in [1.29, 1.82) is 0 Å². The second-order valence-electron chi connectivity index (χ2n) is 4.64. The maximum absolute atomic E-state index is 12.1. The Hall–Kier alpha value is -2.27. The normalized spacial score (nSPS) is 10.8. The van der Waals surface area contributed by atoms with E-state index in [2.05, 4.69) is 31.1 Å². The van der Waals surface area contributed by atoms with Gasteiger partial charge in [0.1, 0.15) is 10.2 Å². The molecule has 0 spiro atoms. The molecule has 134 valence electrons. The number of hydrogen-bond donors (Lipinski definition) is 1. The van der Waals surface area contributed by atoms with Gasteiger partial charge >= 0.3 is 12.4 Å². The van der Waals surface area contributed by atoms with Crippen LogP contribution < -0.4 is 10.1 Å². The number of carbonyl (C=O) groups is 1. The Morgan fingerprint density at radius 2 is 2.24 bits per heavy atom. The summed E-state index contributed by atoms with van der Waals surface area (Å²) >= 11 is 8.79. The minimum atomic E-state index is -3.00. The van der Waals surface area contributed by atoms with Crippen LogP contribution in [0.2, 0.25) is 5.02 Å². The van der Waals surface area contributed by atoms with Gasteiger partial charge < -0.3 is 20.2 Å². The summed E-state index contributed by atoms with van der Waals surface area (Å²) in [6, 6.07) is 3.83. The fourth-order valence-electron chi connectivity index (χ4n) is 1.83. The van der Waals surface area contributed by atoms with Gasteiger partial charge in [-0.3, -0.25) is 4.79 Å². The summed E-state index contributed by atoms with van der Waals surface area (Å²) in [7, 11) is 0. The Balaban J connectivity index is 1.93. The molecule has 0 fully saturated rings. The van der Waals surface area contributed by atoms with Gasteiger partial charge in [-0.1, -0.05) is 11.6 Å². The van der Waals surface area contributed by atoms with E-state index in [0.29, 0.717) is 5.69 Å². The molecule has 2 aromatic rings. The molecule has 0 aliphatic rings. The van der Waals surface area contributed by atoms with Crippen LogP contribution in [0.5, 0.6) is 5.75 Å². The van der Waals surface area contributed by atoms with Crippen molar-refractivity contribution in [2.24, 2.45) is 0 Å². The zero-order valence-corrected chi connectivity index (χ0v) is 14.6. The molecule has 0 atom stereocenters. The van der Waals surface area contributed by atoms with Crippen LogP contribution in [-0.2, 0) is 11.3 Å². The fourth-order valence-corrected chi connectivity index (χ4v) is 2.52. The van der Waals surface area contributed by atoms with Gasteiger partial charge in [-0.2, -0.15) is 13.5 Å². The number of benzene rings is 1. The van der Waals surface area contributed by atoms with Crippen molar-refractivity contribution >= 4 is 44.9 Å². The summed E-state index contributed by atoms with van der Waals surface area (Å²) in [5.74, 6) is -0.960. The number of nitrogens with one attached hydrogen (secondary N) is 1. The van der Waals surface area contributed by atoms with Gasteiger partial charge in [0.15, 0.2) is 0 Å². The van der Waals surface area contributed by atoms with Crippen LogP contribution in [0.3, 0.4) is 0 Å². The number of halogens is 4. The number of alkyl halides is 2. The lowest BCUT2D eigenvalue weighted by molar-refractivity contribution is -0.390. The molecule has 1 amide bonds. The van der Waals surface area contributed by atoms with E-state index < -0.39 is 17.4 Å². The van der Waals surface area contributed by atoms with Crippen LogP contribution in [0.25, 0.3) is 0 Å². The van der Waals surface area contributed by atoms with Crippen LogP contribution in [0.1, 0.15) is 6.42 Å². The molecular formula is C13H10BrClF2N4O4. The number of amides is 1. The first-order chi connectivity index (χ1) is 11.8. The third-order valence-corrected chi connectivity index (χ3v) is 3.73. The van der Waals surface area contributed by atoms with E-state index in [1.165, 1.54) is 29.1 Å². The lowest BCUT2D eigenvalue weighted by Gasteiger charge is -2.09. The largest absolute Gasteiger partial charge is 0.433 e. The number of nitro groups is 1. The highest BCUT2D eigenvalue weighted by molar-refractivity contribution is 9.10. The molecule has 1 N–H and O–H groups in total. The third-order valence-electron chi connectivity index (χ3n) is 2.87. The molecule has 8 nitrogen and oxygen atoms in total. The topological polar surface area (TPSA) is 99.3 Å². The highest BCUT2D eigenvalue weighted by atomic mass is 79.9. The predicted molar refractivity (Wildman–Crippen MR) is 87.9 cm³/mol. The summed E-state index contributed by atoms with van der Waals surface area (Å²) < 4.78 is 30.0. The molecule has 1 aromatic heterocycles. The first-order valence-corrected chi connectivity index (χ1v) is 7.85. The number of hydrogen-bond acceptors (Lipinski definition) is 5. The number of rotatable bonds is 7. The first kappa shape index (κ1) is 19.1. The van der Waals surface area contributed by atoms with Gasteiger partial charge in [0, 0.05) is 12.1 Å². The van der Waals surface area contributed by atoms with E-state index in [1.807, 2.05) is 0 Å². The smallest absolute Gasteiger partial charge is 0.404 e. The van der Waals surface area contributed by atoms with Crippen molar-refractivity contribution in [3.63, 3.8) is 0 Å². The SMILES string of the molecule is O=C(CCn1cc(Br)c([N+](=O)[O-])n1)Nc1ccc(OC(F)F)c(Cl)c1. The van der Waals surface area contributed by atoms with Crippen LogP contribution in [0.4, 0.5) is 20.3 Å². The molecule has 0 aliphatic heterocycles. The van der Waals surface area contributed by atoms with Crippen LogP contribution >= 0.6 is 27.5 Å². The quantitative estimate of drug-likeness (QED) is 0.522. The van der Waals surface area contributed by atoms with Crippen molar-refractivity contribution in [2.45, 2.75) is 19.6 Å². The van der Waals surface area contributed by atoms with Gasteiger partial charge in [0.2, 0.25) is 5.91 Å². The van der Waals surface area contributed by atoms with E-state index in [4.69, 9.17) is 11.6 Å². The number of aromatic nitrogens is 2. The van der Waals surface area contributed by atoms with Gasteiger partial charge in [0.05, 0.1) is 22.9 Å². The number of nitrogens with zero attached hydrogens (tertiary/aromatic N) is 3. The van der Waals surface area contributed by atoms with Gasteiger partial charge in [-0.15, -0.1) is 0 Å². The summed E-state index contributed by atoms with van der Waals surface area (Å²) in [4.78, 5) is 21.9. The van der Waals surface area contributed by atoms with Crippen molar-refractivity contribution in [3.8, 4) is 5.75 Å². The van der Waals surface area contributed by atoms with Gasteiger partial charge in [-0.05, 0) is 39.1 Å². The Kier molecular flexibility index (Phi) is 6.26. The Labute approximate surface area is 153 Å². The van der Waals surface area contributed by atoms with E-state index in [9.17, 15) is 23.7 Å². The zero-order valence-electron chi connectivity index (χ0n) is 12.3. The lowest BCUT2D eigenvalue weighted by Crippen LogP contribution is -2.15. The number of carbonyl (C=O) groups excluding carboxylic acids is 1. The molecule has 0 saturated heterocycles. The summed E-state index contributed by atoms with van der Waals surface area (Å²) in [5.41, 5.74) is 0.296. The number of aryl methyl sites for hydroxylation is 1. The van der Waals surface area contributed by atoms with Gasteiger partial charge in [-0.25, -0.2) is 0 Å². The minimum absolute atomic E-state index is 0.0157. The van der Waals surface area contributed by atoms with Crippen LogP contribution in [-0.4, -0.2) is 27.2 Å². The maximum Gasteiger partial charge on any atom is 0.404 e.